The Morgan fingerprint density at radius 1 is 1.09 bits per heavy atom. The first-order valence-electron chi connectivity index (χ1n) is 12.6. The zero-order chi connectivity index (χ0) is 25.0. The SMILES string of the molecule is CCc1cccc(-c2ccc(COc3cccc(CCC(=O)O)c3F)cc2C2CCCC2(C)C)c1. The van der Waals surface area contributed by atoms with Gasteiger partial charge in [0, 0.05) is 6.42 Å². The molecule has 1 aliphatic carbocycles. The van der Waals surface area contributed by atoms with Crippen molar-refractivity contribution in [2.75, 3.05) is 0 Å². The number of carbonyl (C=O) groups is 1. The van der Waals surface area contributed by atoms with Crippen LogP contribution in [0.1, 0.15) is 74.6 Å². The monoisotopic (exact) mass is 474 g/mol. The van der Waals surface area contributed by atoms with Crippen molar-refractivity contribution < 1.29 is 19.0 Å². The number of hydrogen-bond acceptors (Lipinski definition) is 2. The predicted molar refractivity (Wildman–Crippen MR) is 138 cm³/mol. The van der Waals surface area contributed by atoms with Gasteiger partial charge in [-0.15, -0.1) is 0 Å². The highest BCUT2D eigenvalue weighted by Crippen LogP contribution is 2.51. The maximum absolute atomic E-state index is 14.9. The Balaban J connectivity index is 1.63. The molecule has 184 valence electrons. The van der Waals surface area contributed by atoms with Crippen molar-refractivity contribution in [3.8, 4) is 16.9 Å². The molecular weight excluding hydrogens is 439 g/mol. The molecule has 35 heavy (non-hydrogen) atoms. The van der Waals surface area contributed by atoms with Crippen LogP contribution in [0, 0.1) is 11.2 Å². The van der Waals surface area contributed by atoms with Crippen molar-refractivity contribution in [2.24, 2.45) is 5.41 Å². The minimum absolute atomic E-state index is 0.110. The van der Waals surface area contributed by atoms with E-state index in [2.05, 4.69) is 63.2 Å². The first-order chi connectivity index (χ1) is 16.8. The minimum Gasteiger partial charge on any atom is -0.486 e. The van der Waals surface area contributed by atoms with Crippen molar-refractivity contribution in [1.29, 1.82) is 0 Å². The molecule has 3 aromatic rings. The second kappa shape index (κ2) is 10.6. The maximum Gasteiger partial charge on any atom is 0.303 e. The molecule has 3 nitrogen and oxygen atoms in total. The number of carboxylic acid groups (broad SMARTS) is 1. The molecule has 1 saturated carbocycles. The average molecular weight is 475 g/mol. The van der Waals surface area contributed by atoms with Crippen LogP contribution in [-0.4, -0.2) is 11.1 Å². The Labute approximate surface area is 208 Å². The van der Waals surface area contributed by atoms with Gasteiger partial charge < -0.3 is 9.84 Å². The third-order valence-corrected chi connectivity index (χ3v) is 7.44. The van der Waals surface area contributed by atoms with Crippen LogP contribution < -0.4 is 4.74 Å². The van der Waals surface area contributed by atoms with Crippen LogP contribution in [-0.2, 0) is 24.2 Å². The van der Waals surface area contributed by atoms with E-state index in [4.69, 9.17) is 9.84 Å². The molecular formula is C31H35FO3. The lowest BCUT2D eigenvalue weighted by molar-refractivity contribution is -0.136. The summed E-state index contributed by atoms with van der Waals surface area (Å²) in [6.45, 7) is 7.15. The fraction of sp³-hybridized carbons (Fsp3) is 0.387. The highest BCUT2D eigenvalue weighted by molar-refractivity contribution is 5.70. The van der Waals surface area contributed by atoms with Crippen LogP contribution in [0.4, 0.5) is 4.39 Å². The number of carboxylic acids is 1. The number of aliphatic carboxylic acids is 1. The molecule has 1 unspecified atom stereocenters. The van der Waals surface area contributed by atoms with E-state index < -0.39 is 11.8 Å². The van der Waals surface area contributed by atoms with Crippen molar-refractivity contribution >= 4 is 5.97 Å². The second-order valence-corrected chi connectivity index (χ2v) is 10.3. The molecule has 1 N–H and O–H groups in total. The number of hydrogen-bond donors (Lipinski definition) is 1. The zero-order valence-corrected chi connectivity index (χ0v) is 20.9. The Morgan fingerprint density at radius 3 is 2.60 bits per heavy atom. The first kappa shape index (κ1) is 25.0. The summed E-state index contributed by atoms with van der Waals surface area (Å²) < 4.78 is 20.8. The van der Waals surface area contributed by atoms with Crippen molar-refractivity contribution in [1.82, 2.24) is 0 Å². The molecule has 0 radical (unpaired) electrons. The topological polar surface area (TPSA) is 46.5 Å². The summed E-state index contributed by atoms with van der Waals surface area (Å²) in [5.41, 5.74) is 6.78. The van der Waals surface area contributed by atoms with Gasteiger partial charge in [0.1, 0.15) is 6.61 Å². The van der Waals surface area contributed by atoms with E-state index in [1.165, 1.54) is 35.1 Å². The lowest BCUT2D eigenvalue weighted by Gasteiger charge is -2.30. The van der Waals surface area contributed by atoms with Gasteiger partial charge in [-0.2, -0.15) is 0 Å². The fourth-order valence-electron chi connectivity index (χ4n) is 5.38. The van der Waals surface area contributed by atoms with E-state index >= 15 is 0 Å². The van der Waals surface area contributed by atoms with Crippen molar-refractivity contribution in [3.63, 3.8) is 0 Å². The molecule has 0 saturated heterocycles. The highest BCUT2D eigenvalue weighted by atomic mass is 19.1. The molecule has 0 spiro atoms. The summed E-state index contributed by atoms with van der Waals surface area (Å²) in [6, 6.07) is 20.2. The summed E-state index contributed by atoms with van der Waals surface area (Å²) >= 11 is 0. The average Bonchev–Trinajstić information content (AvgIpc) is 3.21. The largest absolute Gasteiger partial charge is 0.486 e. The van der Waals surface area contributed by atoms with Gasteiger partial charge in [-0.25, -0.2) is 4.39 Å². The van der Waals surface area contributed by atoms with Crippen LogP contribution >= 0.6 is 0 Å². The minimum atomic E-state index is -0.942. The van der Waals surface area contributed by atoms with Crippen LogP contribution in [0.2, 0.25) is 0 Å². The smallest absolute Gasteiger partial charge is 0.303 e. The molecule has 1 aliphatic rings. The Morgan fingerprint density at radius 2 is 1.89 bits per heavy atom. The maximum atomic E-state index is 14.9. The Kier molecular flexibility index (Phi) is 7.59. The molecule has 4 rings (SSSR count). The van der Waals surface area contributed by atoms with E-state index in [1.54, 1.807) is 18.2 Å². The molecule has 0 aromatic heterocycles. The second-order valence-electron chi connectivity index (χ2n) is 10.3. The van der Waals surface area contributed by atoms with E-state index in [-0.39, 0.29) is 30.6 Å². The van der Waals surface area contributed by atoms with Crippen LogP contribution in [0.25, 0.3) is 11.1 Å². The third-order valence-electron chi connectivity index (χ3n) is 7.44. The standard InChI is InChI=1S/C31H35FO3/c1-4-21-8-5-10-24(18-21)25-15-13-22(19-26(25)27-11-7-17-31(27,2)3)20-35-28-12-6-9-23(30(28)32)14-16-29(33)34/h5-6,8-10,12-13,15,18-19,27H,4,7,11,14,16-17,20H2,1-3H3,(H,33,34). The van der Waals surface area contributed by atoms with Gasteiger partial charge in [-0.3, -0.25) is 4.79 Å². The Hall–Kier alpha value is -3.14. The summed E-state index contributed by atoms with van der Waals surface area (Å²) in [6.07, 6.45) is 4.63. The lowest BCUT2D eigenvalue weighted by Crippen LogP contribution is -2.16. The van der Waals surface area contributed by atoms with E-state index in [1.807, 2.05) is 0 Å². The molecule has 3 aromatic carbocycles. The van der Waals surface area contributed by atoms with Crippen molar-refractivity contribution in [3.05, 3.63) is 88.7 Å². The van der Waals surface area contributed by atoms with E-state index in [0.29, 0.717) is 11.5 Å². The van der Waals surface area contributed by atoms with Gasteiger partial charge in [0.2, 0.25) is 0 Å². The summed E-state index contributed by atoms with van der Waals surface area (Å²) in [5, 5.41) is 8.92. The quantitative estimate of drug-likeness (QED) is 0.342. The van der Waals surface area contributed by atoms with Crippen LogP contribution in [0.3, 0.4) is 0 Å². The molecule has 1 fully saturated rings. The number of benzene rings is 3. The Bertz CT molecular complexity index is 1200. The number of aryl methyl sites for hydroxylation is 2. The summed E-state index contributed by atoms with van der Waals surface area (Å²) in [4.78, 5) is 10.9. The first-order valence-corrected chi connectivity index (χ1v) is 12.6. The van der Waals surface area contributed by atoms with Gasteiger partial charge in [0.05, 0.1) is 0 Å². The number of rotatable bonds is 9. The summed E-state index contributed by atoms with van der Waals surface area (Å²) in [5.74, 6) is -0.796. The molecule has 0 bridgehead atoms. The van der Waals surface area contributed by atoms with Gasteiger partial charge in [0.15, 0.2) is 11.6 Å². The molecule has 1 atom stereocenters. The molecule has 4 heteroatoms. The van der Waals surface area contributed by atoms with Gasteiger partial charge in [-0.1, -0.05) is 81.8 Å². The van der Waals surface area contributed by atoms with Gasteiger partial charge in [-0.05, 0) is 76.5 Å². The predicted octanol–water partition coefficient (Wildman–Crippen LogP) is 7.95. The molecule has 0 aliphatic heterocycles. The number of halogens is 1. The van der Waals surface area contributed by atoms with Crippen LogP contribution in [0.15, 0.2) is 60.7 Å². The number of ether oxygens (including phenoxy) is 1. The lowest BCUT2D eigenvalue weighted by atomic mass is 9.75. The normalized spacial score (nSPS) is 16.9. The van der Waals surface area contributed by atoms with Gasteiger partial charge in [0.25, 0.3) is 0 Å². The summed E-state index contributed by atoms with van der Waals surface area (Å²) in [7, 11) is 0. The highest BCUT2D eigenvalue weighted by Gasteiger charge is 2.36. The van der Waals surface area contributed by atoms with Crippen molar-refractivity contribution in [2.45, 2.75) is 71.8 Å². The third kappa shape index (κ3) is 5.75. The van der Waals surface area contributed by atoms with Crippen LogP contribution in [0.5, 0.6) is 5.75 Å². The molecule has 0 heterocycles. The zero-order valence-electron chi connectivity index (χ0n) is 20.9. The fourth-order valence-corrected chi connectivity index (χ4v) is 5.38. The van der Waals surface area contributed by atoms with E-state index in [0.717, 1.165) is 18.4 Å². The van der Waals surface area contributed by atoms with Gasteiger partial charge >= 0.3 is 5.97 Å². The van der Waals surface area contributed by atoms with E-state index in [9.17, 15) is 9.18 Å². The molecule has 0 amide bonds.